The summed E-state index contributed by atoms with van der Waals surface area (Å²) in [6.45, 7) is 5.51. The monoisotopic (exact) mass is 334 g/mol. The Morgan fingerprint density at radius 1 is 1.21 bits per heavy atom. The second-order valence-corrected chi connectivity index (χ2v) is 6.82. The predicted molar refractivity (Wildman–Crippen MR) is 94.7 cm³/mol. The molecule has 1 heterocycles. The summed E-state index contributed by atoms with van der Waals surface area (Å²) < 4.78 is 5.44. The van der Waals surface area contributed by atoms with E-state index >= 15 is 0 Å². The number of carbonyl (C=O) groups is 1. The van der Waals surface area contributed by atoms with Crippen molar-refractivity contribution >= 4 is 6.03 Å². The summed E-state index contributed by atoms with van der Waals surface area (Å²) >= 11 is 0. The van der Waals surface area contributed by atoms with Gasteiger partial charge in [-0.25, -0.2) is 4.79 Å². The second kappa shape index (κ2) is 9.64. The van der Waals surface area contributed by atoms with E-state index in [9.17, 15) is 9.90 Å². The van der Waals surface area contributed by atoms with Gasteiger partial charge in [-0.1, -0.05) is 37.3 Å². The van der Waals surface area contributed by atoms with Crippen molar-refractivity contribution in [1.82, 2.24) is 10.6 Å². The van der Waals surface area contributed by atoms with E-state index in [1.54, 1.807) is 0 Å². The van der Waals surface area contributed by atoms with Crippen molar-refractivity contribution in [3.8, 4) is 0 Å². The predicted octanol–water partition coefficient (Wildman–Crippen LogP) is 2.86. The Kier molecular flexibility index (Phi) is 7.53. The molecule has 134 valence electrons. The van der Waals surface area contributed by atoms with E-state index in [-0.39, 0.29) is 30.6 Å². The number of urea groups is 1. The fourth-order valence-corrected chi connectivity index (χ4v) is 2.99. The lowest BCUT2D eigenvalue weighted by atomic mass is 9.89. The molecule has 1 saturated heterocycles. The molecule has 5 nitrogen and oxygen atoms in total. The summed E-state index contributed by atoms with van der Waals surface area (Å²) in [6, 6.07) is 9.85. The molecule has 0 radical (unpaired) electrons. The highest BCUT2D eigenvalue weighted by Crippen LogP contribution is 2.27. The van der Waals surface area contributed by atoms with Crippen LogP contribution in [0.5, 0.6) is 0 Å². The molecule has 0 bridgehead atoms. The molecule has 2 amide bonds. The maximum atomic E-state index is 12.4. The first-order chi connectivity index (χ1) is 11.6. The lowest BCUT2D eigenvalue weighted by molar-refractivity contribution is 0.0608. The molecule has 1 aliphatic rings. The van der Waals surface area contributed by atoms with Gasteiger partial charge in [-0.15, -0.1) is 0 Å². The smallest absolute Gasteiger partial charge is 0.315 e. The van der Waals surface area contributed by atoms with Crippen LogP contribution in [0, 0.1) is 11.8 Å². The molecule has 1 aliphatic heterocycles. The first kappa shape index (κ1) is 18.7. The van der Waals surface area contributed by atoms with E-state index in [2.05, 4.69) is 22.8 Å². The van der Waals surface area contributed by atoms with Gasteiger partial charge in [0, 0.05) is 25.9 Å². The van der Waals surface area contributed by atoms with Gasteiger partial charge in [0.05, 0.1) is 6.04 Å². The van der Waals surface area contributed by atoms with E-state index < -0.39 is 0 Å². The quantitative estimate of drug-likeness (QED) is 0.718. The van der Waals surface area contributed by atoms with Crippen LogP contribution in [-0.2, 0) is 4.74 Å². The third kappa shape index (κ3) is 5.80. The van der Waals surface area contributed by atoms with Gasteiger partial charge in [0.15, 0.2) is 0 Å². The standard InChI is InChI=1S/C19H30N2O3/c1-14(13-22)15(2)20-19(23)21-18(17-6-4-3-5-7-17)12-16-8-10-24-11-9-16/h3-7,14-16,18,22H,8-13H2,1-2H3,(H2,20,21,23). The van der Waals surface area contributed by atoms with Crippen LogP contribution in [0.3, 0.4) is 0 Å². The molecule has 1 fully saturated rings. The molecular formula is C19H30N2O3. The largest absolute Gasteiger partial charge is 0.396 e. The molecule has 0 aromatic heterocycles. The fourth-order valence-electron chi connectivity index (χ4n) is 2.99. The average molecular weight is 334 g/mol. The maximum absolute atomic E-state index is 12.4. The Morgan fingerprint density at radius 2 is 1.88 bits per heavy atom. The summed E-state index contributed by atoms with van der Waals surface area (Å²) in [5.74, 6) is 0.597. The molecule has 3 N–H and O–H groups in total. The highest BCUT2D eigenvalue weighted by atomic mass is 16.5. The fraction of sp³-hybridized carbons (Fsp3) is 0.632. The van der Waals surface area contributed by atoms with E-state index in [1.165, 1.54) is 0 Å². The van der Waals surface area contributed by atoms with Crippen molar-refractivity contribution < 1.29 is 14.6 Å². The number of carbonyl (C=O) groups excluding carboxylic acids is 1. The zero-order valence-electron chi connectivity index (χ0n) is 14.7. The zero-order chi connectivity index (χ0) is 17.4. The normalized spacial score (nSPS) is 19.3. The van der Waals surface area contributed by atoms with E-state index in [1.807, 2.05) is 32.0 Å². The van der Waals surface area contributed by atoms with Crippen LogP contribution >= 0.6 is 0 Å². The molecule has 0 saturated carbocycles. The third-order valence-electron chi connectivity index (χ3n) is 4.92. The number of hydrogen-bond donors (Lipinski definition) is 3. The topological polar surface area (TPSA) is 70.6 Å². The summed E-state index contributed by atoms with van der Waals surface area (Å²) in [5, 5.41) is 15.3. The molecule has 5 heteroatoms. The Balaban J connectivity index is 1.98. The van der Waals surface area contributed by atoms with Crippen molar-refractivity contribution in [1.29, 1.82) is 0 Å². The molecule has 3 atom stereocenters. The molecule has 0 spiro atoms. The van der Waals surface area contributed by atoms with Crippen molar-refractivity contribution in [2.24, 2.45) is 11.8 Å². The number of nitrogens with one attached hydrogen (secondary N) is 2. The Bertz CT molecular complexity index is 489. The molecule has 24 heavy (non-hydrogen) atoms. The number of rotatable bonds is 7. The lowest BCUT2D eigenvalue weighted by Gasteiger charge is -2.28. The van der Waals surface area contributed by atoms with Crippen molar-refractivity contribution in [2.45, 2.75) is 45.2 Å². The van der Waals surface area contributed by atoms with E-state index in [0.717, 1.165) is 38.0 Å². The number of aliphatic hydroxyl groups excluding tert-OH is 1. The summed E-state index contributed by atoms with van der Waals surface area (Å²) in [5.41, 5.74) is 1.13. The molecular weight excluding hydrogens is 304 g/mol. The lowest BCUT2D eigenvalue weighted by Crippen LogP contribution is -2.45. The minimum atomic E-state index is -0.177. The van der Waals surface area contributed by atoms with Gasteiger partial charge in [0.25, 0.3) is 0 Å². The summed E-state index contributed by atoms with van der Waals surface area (Å²) in [4.78, 5) is 12.4. The van der Waals surface area contributed by atoms with Gasteiger partial charge >= 0.3 is 6.03 Å². The molecule has 0 aliphatic carbocycles. The van der Waals surface area contributed by atoms with Crippen LogP contribution in [0.2, 0.25) is 0 Å². The Morgan fingerprint density at radius 3 is 2.50 bits per heavy atom. The van der Waals surface area contributed by atoms with Crippen LogP contribution in [0.4, 0.5) is 4.79 Å². The van der Waals surface area contributed by atoms with Crippen LogP contribution in [0.25, 0.3) is 0 Å². The van der Waals surface area contributed by atoms with Crippen LogP contribution in [0.15, 0.2) is 30.3 Å². The van der Waals surface area contributed by atoms with Crippen molar-refractivity contribution in [2.75, 3.05) is 19.8 Å². The van der Waals surface area contributed by atoms with Crippen LogP contribution < -0.4 is 10.6 Å². The summed E-state index contributed by atoms with van der Waals surface area (Å²) in [6.07, 6.45) is 3.01. The second-order valence-electron chi connectivity index (χ2n) is 6.82. The maximum Gasteiger partial charge on any atom is 0.315 e. The van der Waals surface area contributed by atoms with Crippen molar-refractivity contribution in [3.05, 3.63) is 35.9 Å². The molecule has 2 rings (SSSR count). The van der Waals surface area contributed by atoms with Gasteiger partial charge < -0.3 is 20.5 Å². The number of benzene rings is 1. The van der Waals surface area contributed by atoms with Crippen molar-refractivity contribution in [3.63, 3.8) is 0 Å². The van der Waals surface area contributed by atoms with Gasteiger partial charge in [-0.2, -0.15) is 0 Å². The SMILES string of the molecule is CC(CO)C(C)NC(=O)NC(CC1CCOCC1)c1ccccc1. The van der Waals surface area contributed by atoms with Gasteiger partial charge in [-0.05, 0) is 43.6 Å². The number of amides is 2. The highest BCUT2D eigenvalue weighted by molar-refractivity contribution is 5.74. The molecule has 1 aromatic carbocycles. The van der Waals surface area contributed by atoms with E-state index in [0.29, 0.717) is 5.92 Å². The van der Waals surface area contributed by atoms with E-state index in [4.69, 9.17) is 4.74 Å². The Labute approximate surface area is 144 Å². The Hall–Kier alpha value is -1.59. The molecule has 1 aromatic rings. The summed E-state index contributed by atoms with van der Waals surface area (Å²) in [7, 11) is 0. The highest BCUT2D eigenvalue weighted by Gasteiger charge is 2.23. The number of hydrogen-bond acceptors (Lipinski definition) is 3. The number of ether oxygens (including phenoxy) is 1. The zero-order valence-corrected chi connectivity index (χ0v) is 14.7. The van der Waals surface area contributed by atoms with Gasteiger partial charge in [0.1, 0.15) is 0 Å². The first-order valence-corrected chi connectivity index (χ1v) is 8.90. The van der Waals surface area contributed by atoms with Crippen LogP contribution in [-0.4, -0.2) is 37.0 Å². The first-order valence-electron chi connectivity index (χ1n) is 8.90. The van der Waals surface area contributed by atoms with Gasteiger partial charge in [-0.3, -0.25) is 0 Å². The minimum absolute atomic E-state index is 0.00840. The van der Waals surface area contributed by atoms with Crippen LogP contribution in [0.1, 0.15) is 44.7 Å². The average Bonchev–Trinajstić information content (AvgIpc) is 2.62. The van der Waals surface area contributed by atoms with Gasteiger partial charge in [0.2, 0.25) is 0 Å². The minimum Gasteiger partial charge on any atom is -0.396 e. The molecule has 3 unspecified atom stereocenters. The number of aliphatic hydroxyl groups is 1. The third-order valence-corrected chi connectivity index (χ3v) is 4.92.